The molecule has 0 aromatic carbocycles. The molecule has 1 aliphatic heterocycles. The number of halogens is 2. The summed E-state index contributed by atoms with van der Waals surface area (Å²) in [7, 11) is 2.26. The molecule has 0 radical (unpaired) electrons. The zero-order valence-electron chi connectivity index (χ0n) is 6.48. The van der Waals surface area contributed by atoms with E-state index in [0.717, 1.165) is 24.6 Å². The van der Waals surface area contributed by atoms with Gasteiger partial charge in [-0.2, -0.15) is 0 Å². The van der Waals surface area contributed by atoms with E-state index in [4.69, 9.17) is 0 Å². The van der Waals surface area contributed by atoms with Crippen molar-refractivity contribution < 1.29 is 8.87 Å². The molecule has 62 valence electrons. The molecule has 0 aliphatic carbocycles. The average molecular weight is 152 g/mol. The topological polar surface area (TPSA) is 6.48 Å². The van der Waals surface area contributed by atoms with Gasteiger partial charge in [0, 0.05) is 20.1 Å². The largest absolute Gasteiger partial charge is 0.255 e. The lowest BCUT2D eigenvalue weighted by molar-refractivity contribution is -0.173. The highest BCUT2D eigenvalue weighted by Crippen LogP contribution is 2.07. The second-order valence-electron chi connectivity index (χ2n) is 2.15. The van der Waals surface area contributed by atoms with Crippen molar-refractivity contribution in [3.63, 3.8) is 0 Å². The van der Waals surface area contributed by atoms with Crippen molar-refractivity contribution in [3.05, 3.63) is 0 Å². The van der Waals surface area contributed by atoms with Crippen LogP contribution in [0.25, 0.3) is 0 Å². The molecule has 1 rings (SSSR count). The Morgan fingerprint density at radius 2 is 1.60 bits per heavy atom. The maximum Gasteiger partial charge on any atom is 0.0785 e. The first kappa shape index (κ1) is 9.78. The van der Waals surface area contributed by atoms with Gasteiger partial charge in [0.1, 0.15) is 0 Å². The molecular formula is C6H14F2N2. The zero-order valence-corrected chi connectivity index (χ0v) is 6.48. The van der Waals surface area contributed by atoms with Crippen LogP contribution in [0.4, 0.5) is 8.87 Å². The summed E-state index contributed by atoms with van der Waals surface area (Å²) in [6.07, 6.45) is 2.11. The molecule has 0 bridgehead atoms. The predicted octanol–water partition coefficient (Wildman–Crippen LogP) is 1.40. The first-order valence-electron chi connectivity index (χ1n) is 3.33. The van der Waals surface area contributed by atoms with E-state index in [0.29, 0.717) is 13.7 Å². The van der Waals surface area contributed by atoms with Crippen LogP contribution in [0.15, 0.2) is 0 Å². The number of nitrogens with zero attached hydrogens (tertiary/aromatic N) is 2. The lowest BCUT2D eigenvalue weighted by atomic mass is 10.3. The predicted molar refractivity (Wildman–Crippen MR) is 36.7 cm³/mol. The van der Waals surface area contributed by atoms with Gasteiger partial charge in [-0.05, 0) is 12.8 Å². The van der Waals surface area contributed by atoms with Crippen LogP contribution in [0.5, 0.6) is 0 Å². The molecule has 0 amide bonds. The lowest BCUT2D eigenvalue weighted by Gasteiger charge is -2.27. The summed E-state index contributed by atoms with van der Waals surface area (Å²) in [6, 6.07) is 0. The van der Waals surface area contributed by atoms with Gasteiger partial charge in [-0.25, -0.2) is 5.01 Å². The van der Waals surface area contributed by atoms with E-state index in [1.807, 2.05) is 0 Å². The first-order chi connectivity index (χ1) is 4.80. The van der Waals surface area contributed by atoms with E-state index in [9.17, 15) is 8.87 Å². The van der Waals surface area contributed by atoms with E-state index < -0.39 is 0 Å². The molecular weight excluding hydrogens is 138 g/mol. The Labute approximate surface area is 60.3 Å². The van der Waals surface area contributed by atoms with Gasteiger partial charge in [-0.1, -0.05) is 5.23 Å². The van der Waals surface area contributed by atoms with Gasteiger partial charge in [-0.3, -0.25) is 4.39 Å². The van der Waals surface area contributed by atoms with E-state index in [1.165, 1.54) is 0 Å². The normalized spacial score (nSPS) is 21.6. The molecule has 4 heteroatoms. The summed E-state index contributed by atoms with van der Waals surface area (Å²) in [6.45, 7) is 1.42. The van der Waals surface area contributed by atoms with Gasteiger partial charge in [0.2, 0.25) is 0 Å². The smallest absolute Gasteiger partial charge is 0.0785 e. The van der Waals surface area contributed by atoms with Gasteiger partial charge in [0.25, 0.3) is 0 Å². The van der Waals surface area contributed by atoms with Crippen LogP contribution in [0.1, 0.15) is 12.8 Å². The van der Waals surface area contributed by atoms with E-state index in [-0.39, 0.29) is 0 Å². The second kappa shape index (κ2) is 5.56. The van der Waals surface area contributed by atoms with Crippen LogP contribution in [-0.2, 0) is 0 Å². The van der Waals surface area contributed by atoms with Crippen molar-refractivity contribution in [2.75, 3.05) is 27.3 Å². The number of hydrogen-bond donors (Lipinski definition) is 0. The maximum atomic E-state index is 12.3. The number of alkyl halides is 1. The maximum absolute atomic E-state index is 12.3. The zero-order chi connectivity index (χ0) is 7.98. The Balaban J connectivity index is 0.000000371. The minimum absolute atomic E-state index is 0.500. The Morgan fingerprint density at radius 1 is 1.10 bits per heavy atom. The molecule has 0 atom stereocenters. The Bertz CT molecular complexity index is 70.1. The van der Waals surface area contributed by atoms with Crippen molar-refractivity contribution in [1.82, 2.24) is 10.2 Å². The second-order valence-corrected chi connectivity index (χ2v) is 2.15. The molecule has 0 aromatic rings. The highest BCUT2D eigenvalue weighted by Gasteiger charge is 2.13. The monoisotopic (exact) mass is 152 g/mol. The quantitative estimate of drug-likeness (QED) is 0.484. The average Bonchev–Trinajstić information content (AvgIpc) is 2.00. The van der Waals surface area contributed by atoms with Crippen LogP contribution in [0.3, 0.4) is 0 Å². The molecule has 0 saturated carbocycles. The minimum atomic E-state index is 0.500. The highest BCUT2D eigenvalue weighted by atomic mass is 19.2. The van der Waals surface area contributed by atoms with Crippen molar-refractivity contribution in [2.45, 2.75) is 12.8 Å². The van der Waals surface area contributed by atoms with E-state index in [2.05, 4.69) is 0 Å². The van der Waals surface area contributed by atoms with Gasteiger partial charge < -0.3 is 0 Å². The Kier molecular flexibility index (Phi) is 5.43. The van der Waals surface area contributed by atoms with E-state index in [1.54, 1.807) is 12.1 Å². The molecule has 1 fully saturated rings. The highest BCUT2D eigenvalue weighted by molar-refractivity contribution is 4.53. The summed E-state index contributed by atoms with van der Waals surface area (Å²) in [5.74, 6) is 0. The van der Waals surface area contributed by atoms with Crippen molar-refractivity contribution in [1.29, 1.82) is 0 Å². The third-order valence-corrected chi connectivity index (χ3v) is 1.44. The summed E-state index contributed by atoms with van der Waals surface area (Å²) in [4.78, 5) is 0. The molecule has 0 aromatic heterocycles. The van der Waals surface area contributed by atoms with Crippen LogP contribution in [0, 0.1) is 0 Å². The molecule has 1 heterocycles. The molecule has 1 aliphatic rings. The van der Waals surface area contributed by atoms with Gasteiger partial charge in [0.05, 0.1) is 7.18 Å². The van der Waals surface area contributed by atoms with Crippen LogP contribution in [0.2, 0.25) is 0 Å². The van der Waals surface area contributed by atoms with Crippen molar-refractivity contribution in [3.8, 4) is 0 Å². The van der Waals surface area contributed by atoms with E-state index >= 15 is 0 Å². The first-order valence-corrected chi connectivity index (χ1v) is 3.33. The van der Waals surface area contributed by atoms with Crippen LogP contribution in [-0.4, -0.2) is 37.6 Å². The summed E-state index contributed by atoms with van der Waals surface area (Å²) >= 11 is 0. The Hall–Kier alpha value is -0.220. The fourth-order valence-electron chi connectivity index (χ4n) is 0.862. The van der Waals surface area contributed by atoms with Crippen LogP contribution >= 0.6 is 0 Å². The molecule has 2 nitrogen and oxygen atoms in total. The molecule has 0 N–H and O–H groups in total. The summed E-state index contributed by atoms with van der Waals surface area (Å²) < 4.78 is 21.8. The minimum Gasteiger partial charge on any atom is -0.255 e. The van der Waals surface area contributed by atoms with Crippen molar-refractivity contribution >= 4 is 0 Å². The number of rotatable bonds is 0. The molecule has 1 saturated heterocycles. The fraction of sp³-hybridized carbons (Fsp3) is 1.00. The fourth-order valence-corrected chi connectivity index (χ4v) is 0.862. The summed E-state index contributed by atoms with van der Waals surface area (Å²) in [5, 5.41) is 2.37. The lowest BCUT2D eigenvalue weighted by Crippen LogP contribution is -2.38. The third kappa shape index (κ3) is 3.08. The summed E-state index contributed by atoms with van der Waals surface area (Å²) in [5.41, 5.74) is 0. The SMILES string of the molecule is CF.CN1CCCCN1F. The van der Waals surface area contributed by atoms with Gasteiger partial charge in [-0.15, -0.1) is 4.48 Å². The standard InChI is InChI=1S/C5H11FN2.CH3F/c1-7-4-2-3-5-8(7)6;1-2/h2-5H2,1H3;1H3. The Morgan fingerprint density at radius 3 is 1.90 bits per heavy atom. The van der Waals surface area contributed by atoms with Gasteiger partial charge >= 0.3 is 0 Å². The van der Waals surface area contributed by atoms with Gasteiger partial charge in [0.15, 0.2) is 0 Å². The number of hydrazine groups is 1. The van der Waals surface area contributed by atoms with Crippen molar-refractivity contribution in [2.24, 2.45) is 0 Å². The molecule has 0 spiro atoms. The molecule has 0 unspecified atom stereocenters. The molecule has 10 heavy (non-hydrogen) atoms. The number of hydrogen-bond acceptors (Lipinski definition) is 2. The third-order valence-electron chi connectivity index (χ3n) is 1.44. The van der Waals surface area contributed by atoms with Crippen LogP contribution < -0.4 is 0 Å².